The molecule has 8 heteroatoms. The van der Waals surface area contributed by atoms with Gasteiger partial charge in [0, 0.05) is 5.02 Å². The molecule has 3 aromatic rings. The van der Waals surface area contributed by atoms with Gasteiger partial charge in [0.25, 0.3) is 5.91 Å². The smallest absolute Gasteiger partial charge is 0.345 e. The maximum atomic E-state index is 12.2. The molecule has 0 bridgehead atoms. The standard InChI is InChI=1S/C21H14Cl2N2O4/c22-14-7-10-16(18(23)11-14)21(28)29-15-8-5-13(6-9-15)12-24-25-20(27)17-3-1-2-4-19(17)26/h1-12,26H,(H,25,27). The van der Waals surface area contributed by atoms with Gasteiger partial charge in [-0.15, -0.1) is 0 Å². The number of rotatable bonds is 5. The fourth-order valence-electron chi connectivity index (χ4n) is 2.33. The highest BCUT2D eigenvalue weighted by atomic mass is 35.5. The first-order valence-electron chi connectivity index (χ1n) is 8.33. The molecule has 3 aromatic carbocycles. The Morgan fingerprint density at radius 3 is 2.38 bits per heavy atom. The number of hydrazone groups is 1. The minimum atomic E-state index is -0.608. The number of phenols is 1. The molecule has 0 aliphatic carbocycles. The monoisotopic (exact) mass is 428 g/mol. The lowest BCUT2D eigenvalue weighted by molar-refractivity contribution is 0.0734. The lowest BCUT2D eigenvalue weighted by Crippen LogP contribution is -2.17. The van der Waals surface area contributed by atoms with Gasteiger partial charge in [-0.3, -0.25) is 4.79 Å². The largest absolute Gasteiger partial charge is 0.507 e. The lowest BCUT2D eigenvalue weighted by Gasteiger charge is -2.06. The summed E-state index contributed by atoms with van der Waals surface area (Å²) in [7, 11) is 0. The maximum absolute atomic E-state index is 12.2. The van der Waals surface area contributed by atoms with Crippen molar-refractivity contribution in [2.45, 2.75) is 0 Å². The molecular formula is C21H14Cl2N2O4. The molecule has 0 fully saturated rings. The van der Waals surface area contributed by atoms with Crippen molar-refractivity contribution in [3.8, 4) is 11.5 Å². The molecule has 0 aliphatic heterocycles. The van der Waals surface area contributed by atoms with Crippen molar-refractivity contribution in [2.24, 2.45) is 5.10 Å². The van der Waals surface area contributed by atoms with Crippen molar-refractivity contribution in [1.29, 1.82) is 0 Å². The number of nitrogens with one attached hydrogen (secondary N) is 1. The second kappa shape index (κ2) is 9.23. The zero-order valence-electron chi connectivity index (χ0n) is 14.8. The normalized spacial score (nSPS) is 10.7. The van der Waals surface area contributed by atoms with Gasteiger partial charge in [-0.2, -0.15) is 5.10 Å². The van der Waals surface area contributed by atoms with Crippen LogP contribution in [0, 0.1) is 0 Å². The summed E-state index contributed by atoms with van der Waals surface area (Å²) in [6, 6.07) is 17.1. The minimum absolute atomic E-state index is 0.118. The first-order valence-corrected chi connectivity index (χ1v) is 9.08. The molecule has 29 heavy (non-hydrogen) atoms. The zero-order chi connectivity index (χ0) is 20.8. The molecule has 0 saturated heterocycles. The number of nitrogens with zero attached hydrogens (tertiary/aromatic N) is 1. The molecule has 2 N–H and O–H groups in total. The Labute approximate surface area is 176 Å². The number of esters is 1. The summed E-state index contributed by atoms with van der Waals surface area (Å²) < 4.78 is 5.28. The van der Waals surface area contributed by atoms with Gasteiger partial charge in [0.05, 0.1) is 22.4 Å². The molecule has 6 nitrogen and oxygen atoms in total. The van der Waals surface area contributed by atoms with Crippen LogP contribution >= 0.6 is 23.2 Å². The number of hydrogen-bond acceptors (Lipinski definition) is 5. The molecule has 0 aromatic heterocycles. The summed E-state index contributed by atoms with van der Waals surface area (Å²) in [6.07, 6.45) is 1.42. The number of benzene rings is 3. The number of carbonyl (C=O) groups is 2. The van der Waals surface area contributed by atoms with Crippen LogP contribution in [0.4, 0.5) is 0 Å². The highest BCUT2D eigenvalue weighted by Gasteiger charge is 2.13. The predicted molar refractivity (Wildman–Crippen MR) is 111 cm³/mol. The van der Waals surface area contributed by atoms with Gasteiger partial charge < -0.3 is 9.84 Å². The van der Waals surface area contributed by atoms with Gasteiger partial charge in [-0.05, 0) is 60.2 Å². The van der Waals surface area contributed by atoms with E-state index in [1.807, 2.05) is 0 Å². The van der Waals surface area contributed by atoms with Gasteiger partial charge in [0.2, 0.25) is 0 Å². The molecule has 3 rings (SSSR count). The van der Waals surface area contributed by atoms with Crippen molar-refractivity contribution >= 4 is 41.3 Å². The van der Waals surface area contributed by atoms with E-state index in [1.54, 1.807) is 42.5 Å². The third kappa shape index (κ3) is 5.34. The van der Waals surface area contributed by atoms with E-state index in [0.717, 1.165) is 0 Å². The van der Waals surface area contributed by atoms with Crippen LogP contribution in [-0.4, -0.2) is 23.2 Å². The van der Waals surface area contributed by atoms with E-state index in [0.29, 0.717) is 16.3 Å². The molecule has 0 spiro atoms. The average molecular weight is 429 g/mol. The molecule has 0 unspecified atom stereocenters. The lowest BCUT2D eigenvalue weighted by atomic mass is 10.2. The summed E-state index contributed by atoms with van der Waals surface area (Å²) in [5, 5.41) is 14.1. The van der Waals surface area contributed by atoms with E-state index in [9.17, 15) is 14.7 Å². The molecule has 0 saturated carbocycles. The fraction of sp³-hybridized carbons (Fsp3) is 0. The first-order chi connectivity index (χ1) is 13.9. The van der Waals surface area contributed by atoms with Crippen molar-refractivity contribution in [1.82, 2.24) is 5.43 Å². The molecule has 0 radical (unpaired) electrons. The quantitative estimate of drug-likeness (QED) is 0.267. The third-order valence-corrected chi connectivity index (χ3v) is 4.32. The van der Waals surface area contributed by atoms with E-state index in [4.69, 9.17) is 27.9 Å². The van der Waals surface area contributed by atoms with Crippen LogP contribution in [-0.2, 0) is 0 Å². The SMILES string of the molecule is O=C(NN=Cc1ccc(OC(=O)c2ccc(Cl)cc2Cl)cc1)c1ccccc1O. The Hall–Kier alpha value is -3.35. The number of aromatic hydroxyl groups is 1. The number of ether oxygens (including phenoxy) is 1. The Balaban J connectivity index is 1.60. The molecular weight excluding hydrogens is 415 g/mol. The first kappa shape index (κ1) is 20.4. The average Bonchev–Trinajstić information content (AvgIpc) is 2.69. The maximum Gasteiger partial charge on any atom is 0.345 e. The van der Waals surface area contributed by atoms with Gasteiger partial charge in [-0.25, -0.2) is 10.2 Å². The molecule has 1 amide bonds. The van der Waals surface area contributed by atoms with Gasteiger partial charge >= 0.3 is 5.97 Å². The Bertz CT molecular complexity index is 1080. The Morgan fingerprint density at radius 1 is 0.966 bits per heavy atom. The van der Waals surface area contributed by atoms with Gasteiger partial charge in [0.1, 0.15) is 11.5 Å². The van der Waals surface area contributed by atoms with E-state index in [1.165, 1.54) is 30.5 Å². The van der Waals surface area contributed by atoms with Crippen molar-refractivity contribution in [3.63, 3.8) is 0 Å². The van der Waals surface area contributed by atoms with E-state index >= 15 is 0 Å². The van der Waals surface area contributed by atoms with Crippen molar-refractivity contribution in [3.05, 3.63) is 93.5 Å². The highest BCUT2D eigenvalue weighted by Crippen LogP contribution is 2.23. The molecule has 0 heterocycles. The second-order valence-corrected chi connectivity index (χ2v) is 6.64. The number of halogens is 2. The van der Waals surface area contributed by atoms with E-state index < -0.39 is 11.9 Å². The molecule has 0 aliphatic rings. The van der Waals surface area contributed by atoms with E-state index in [-0.39, 0.29) is 21.9 Å². The number of hydrogen-bond donors (Lipinski definition) is 2. The van der Waals surface area contributed by atoms with Crippen LogP contribution < -0.4 is 10.2 Å². The topological polar surface area (TPSA) is 88.0 Å². The predicted octanol–water partition coefficient (Wildman–Crippen LogP) is 4.68. The zero-order valence-corrected chi connectivity index (χ0v) is 16.3. The summed E-state index contributed by atoms with van der Waals surface area (Å²) in [6.45, 7) is 0. The van der Waals surface area contributed by atoms with E-state index in [2.05, 4.69) is 10.5 Å². The fourth-order valence-corrected chi connectivity index (χ4v) is 2.82. The highest BCUT2D eigenvalue weighted by molar-refractivity contribution is 6.36. The molecule has 146 valence electrons. The second-order valence-electron chi connectivity index (χ2n) is 5.80. The van der Waals surface area contributed by atoms with Crippen molar-refractivity contribution in [2.75, 3.05) is 0 Å². The van der Waals surface area contributed by atoms with Crippen LogP contribution in [0.5, 0.6) is 11.5 Å². The summed E-state index contributed by atoms with van der Waals surface area (Å²) in [5.74, 6) is -0.962. The van der Waals surface area contributed by atoms with Gasteiger partial charge in [0.15, 0.2) is 0 Å². The van der Waals surface area contributed by atoms with Crippen LogP contribution in [0.1, 0.15) is 26.3 Å². The molecule has 0 atom stereocenters. The van der Waals surface area contributed by atoms with Crippen LogP contribution in [0.15, 0.2) is 71.8 Å². The summed E-state index contributed by atoms with van der Waals surface area (Å²) in [4.78, 5) is 24.1. The number of para-hydroxylation sites is 1. The third-order valence-electron chi connectivity index (χ3n) is 3.77. The summed E-state index contributed by atoms with van der Waals surface area (Å²) >= 11 is 11.8. The minimum Gasteiger partial charge on any atom is -0.507 e. The van der Waals surface area contributed by atoms with Crippen LogP contribution in [0.25, 0.3) is 0 Å². The Morgan fingerprint density at radius 2 is 1.69 bits per heavy atom. The number of carbonyl (C=O) groups excluding carboxylic acids is 2. The number of phenolic OH excluding ortho intramolecular Hbond substituents is 1. The number of amides is 1. The van der Waals surface area contributed by atoms with Crippen molar-refractivity contribution < 1.29 is 19.4 Å². The summed E-state index contributed by atoms with van der Waals surface area (Å²) in [5.41, 5.74) is 3.31. The van der Waals surface area contributed by atoms with Crippen LogP contribution in [0.3, 0.4) is 0 Å². The van der Waals surface area contributed by atoms with Crippen LogP contribution in [0.2, 0.25) is 10.0 Å². The Kier molecular flexibility index (Phi) is 6.49. The van der Waals surface area contributed by atoms with Gasteiger partial charge in [-0.1, -0.05) is 35.3 Å².